The molecule has 5 aliphatic rings. The van der Waals surface area contributed by atoms with Crippen molar-refractivity contribution in [2.24, 2.45) is 20.0 Å². The maximum atomic E-state index is 12.0. The van der Waals surface area contributed by atoms with Crippen LogP contribution in [0.5, 0.6) is 0 Å². The number of benzene rings is 4. The standard InChI is InChI=1S/C44H28N4O12S4.Mg.12H2O.2H/c49-61(50,51)29-9-1-25(2-10-29)41-33-17-19-35(45-33)42(26-3-11-30(12-4-26)62(52,53)54)37-21-23-39(47-37)44(28-7-15-32(16-8-28)64(58,59)60)40-24-22-38(48-40)43(36-20-18-34(41)46-36)27-5-13-31(14-6-27)63(55,56)57;;;;;;;;;;;;;;;/h1-24H,(H,49,50,51)(H,52,53,54)(H,55,56,57)(H,58,59,60);;12*1H2;;. The van der Waals surface area contributed by atoms with Gasteiger partial charge in [-0.05, 0) is 119 Å². The summed E-state index contributed by atoms with van der Waals surface area (Å²) >= 11 is 0. The van der Waals surface area contributed by atoms with E-state index in [-0.39, 0.29) is 108 Å². The van der Waals surface area contributed by atoms with Crippen molar-refractivity contribution in [2.45, 2.75) is 19.6 Å². The van der Waals surface area contributed by atoms with Crippen LogP contribution in [-0.2, 0) is 40.5 Å². The monoisotopic (exact) mass is 1170 g/mol. The number of rotatable bonds is 8. The van der Waals surface area contributed by atoms with Crippen LogP contribution in [0.1, 0.15) is 22.3 Å². The molecule has 4 aromatic rings. The van der Waals surface area contributed by atoms with Gasteiger partial charge in [0.1, 0.15) is 0 Å². The molecule has 0 fully saturated rings. The van der Waals surface area contributed by atoms with Crippen molar-refractivity contribution in [1.82, 2.24) is 0 Å². The lowest BCUT2D eigenvalue weighted by Crippen LogP contribution is -2.05. The molecule has 33 heteroatoms. The third-order valence-corrected chi connectivity index (χ3v) is 13.8. The van der Waals surface area contributed by atoms with Gasteiger partial charge in [-0.15, -0.1) is 0 Å². The topological polar surface area (TPSA) is 645 Å². The van der Waals surface area contributed by atoms with Crippen LogP contribution >= 0.6 is 0 Å². The normalized spacial score (nSPS) is 14.5. The van der Waals surface area contributed by atoms with Gasteiger partial charge in [0.25, 0.3) is 40.5 Å². The third-order valence-electron chi connectivity index (χ3n) is 10.4. The molecule has 5 heterocycles. The van der Waals surface area contributed by atoms with E-state index in [1.165, 1.54) is 97.1 Å². The third kappa shape index (κ3) is 15.8. The Bertz CT molecular complexity index is 3170. The zero-order valence-corrected chi connectivity index (χ0v) is 41.6. The average molecular weight is 1180 g/mol. The van der Waals surface area contributed by atoms with Crippen LogP contribution in [0, 0.1) is 0 Å². The Kier molecular flexibility index (Phi) is 30.1. The molecule has 0 amide bonds. The van der Waals surface area contributed by atoms with Gasteiger partial charge in [-0.2, -0.15) is 33.7 Å². The molecule has 0 saturated carbocycles. The van der Waals surface area contributed by atoms with Crippen LogP contribution in [0.4, 0.5) is 0 Å². The molecular weight excluding hydrogens is 1120 g/mol. The highest BCUT2D eigenvalue weighted by Crippen LogP contribution is 2.39. The zero-order valence-electron chi connectivity index (χ0n) is 38.3. The van der Waals surface area contributed by atoms with Gasteiger partial charge in [-0.1, -0.05) is 48.5 Å². The van der Waals surface area contributed by atoms with E-state index in [0.717, 1.165) is 0 Å². The first kappa shape index (κ1) is 79.3. The quantitative estimate of drug-likeness (QED) is 0.0966. The van der Waals surface area contributed by atoms with Gasteiger partial charge in [0.05, 0.1) is 65.2 Å². The summed E-state index contributed by atoms with van der Waals surface area (Å²) in [7, 11) is -18.2. The van der Waals surface area contributed by atoms with E-state index < -0.39 is 40.5 Å². The Morgan fingerprint density at radius 1 is 0.247 bits per heavy atom. The number of fused-ring (bicyclic) bond motifs is 4. The highest BCUT2D eigenvalue weighted by Gasteiger charge is 2.29. The molecule has 5 aliphatic heterocycles. The molecule has 9 rings (SSSR count). The highest BCUT2D eigenvalue weighted by molar-refractivity contribution is 7.86. The number of hydrogen-bond acceptors (Lipinski definition) is 12. The Morgan fingerprint density at radius 3 is 0.519 bits per heavy atom. The van der Waals surface area contributed by atoms with Gasteiger partial charge in [0.15, 0.2) is 0 Å². The zero-order chi connectivity index (χ0) is 45.3. The molecule has 0 saturated heterocycles. The maximum absolute atomic E-state index is 12.0. The molecule has 8 bridgehead atoms. The van der Waals surface area contributed by atoms with Gasteiger partial charge in [0.2, 0.25) is 0 Å². The molecule has 0 aromatic heterocycles. The molecular formula is C44H54MgN4O24S4. The van der Waals surface area contributed by atoms with E-state index in [4.69, 9.17) is 20.0 Å². The van der Waals surface area contributed by atoms with E-state index in [9.17, 15) is 51.9 Å². The minimum Gasteiger partial charge on any atom is -0.412 e. The number of hydrogen-bond donors (Lipinski definition) is 4. The lowest BCUT2D eigenvalue weighted by molar-refractivity contribution is 0.481. The van der Waals surface area contributed by atoms with Crippen molar-refractivity contribution in [1.29, 1.82) is 0 Å². The van der Waals surface area contributed by atoms with Crippen molar-refractivity contribution in [2.75, 3.05) is 0 Å². The SMILES string of the molecule is O.O.O.O.O.O.O.O.O.O.O.O.O=S(=O)(O)c1ccc(C2=C3C=CC(=N3)C(c3ccc(S(=O)(=O)O)cc3)=C3C=CC(=N3)C(c3ccc(S(=O)(=O)O)cc3)=C3C=CC(=N3)C(c3ccc(S(=O)(=O)O)cc3)=C3C=CC2=N3)cc1.[MgH2]. The van der Waals surface area contributed by atoms with Gasteiger partial charge in [-0.25, -0.2) is 20.0 Å². The summed E-state index contributed by atoms with van der Waals surface area (Å²) in [4.78, 5) is 18.7. The molecule has 4 aromatic carbocycles. The minimum atomic E-state index is -4.56. The molecule has 0 aliphatic carbocycles. The minimum absolute atomic E-state index is 0. The van der Waals surface area contributed by atoms with Crippen molar-refractivity contribution in [3.8, 4) is 0 Å². The fraction of sp³-hybridized carbons (Fsp3) is 0. The van der Waals surface area contributed by atoms with Gasteiger partial charge in [0, 0.05) is 22.3 Å². The van der Waals surface area contributed by atoms with E-state index in [1.807, 2.05) is 0 Å². The van der Waals surface area contributed by atoms with Gasteiger partial charge in [-0.3, -0.25) is 18.2 Å². The second kappa shape index (κ2) is 29.2. The summed E-state index contributed by atoms with van der Waals surface area (Å²) in [5.74, 6) is 0. The molecule has 0 atom stereocenters. The first-order valence-corrected chi connectivity index (χ1v) is 24.4. The van der Waals surface area contributed by atoms with Crippen LogP contribution in [0.15, 0.2) is 208 Å². The van der Waals surface area contributed by atoms with E-state index in [0.29, 0.717) is 90.2 Å². The maximum Gasteiger partial charge on any atom is 0.316 e. The summed E-state index contributed by atoms with van der Waals surface area (Å²) in [5.41, 5.74) is 6.28. The molecule has 28 N–H and O–H groups in total. The van der Waals surface area contributed by atoms with Crippen LogP contribution < -0.4 is 0 Å². The predicted octanol–water partition coefficient (Wildman–Crippen LogP) is -4.14. The molecule has 0 spiro atoms. The summed E-state index contributed by atoms with van der Waals surface area (Å²) in [6.45, 7) is 0. The second-order valence-corrected chi connectivity index (χ2v) is 20.0. The van der Waals surface area contributed by atoms with Crippen LogP contribution in [0.2, 0.25) is 0 Å². The summed E-state index contributed by atoms with van der Waals surface area (Å²) in [6.07, 6.45) is 13.6. The van der Waals surface area contributed by atoms with Crippen molar-refractivity contribution < 1.29 is 118 Å². The predicted molar refractivity (Wildman–Crippen MR) is 291 cm³/mol. The van der Waals surface area contributed by atoms with Gasteiger partial charge >= 0.3 is 23.1 Å². The van der Waals surface area contributed by atoms with E-state index in [1.54, 1.807) is 48.6 Å². The van der Waals surface area contributed by atoms with Crippen molar-refractivity contribution in [3.05, 3.63) is 191 Å². The Hall–Kier alpha value is -6.59. The smallest absolute Gasteiger partial charge is 0.316 e. The molecule has 420 valence electrons. The number of allylic oxidation sites excluding steroid dienone is 12. The summed E-state index contributed by atoms with van der Waals surface area (Å²) in [6, 6.07) is 21.6. The van der Waals surface area contributed by atoms with Gasteiger partial charge < -0.3 is 65.7 Å². The van der Waals surface area contributed by atoms with Crippen LogP contribution in [0.3, 0.4) is 0 Å². The fourth-order valence-electron chi connectivity index (χ4n) is 7.44. The summed E-state index contributed by atoms with van der Waals surface area (Å²) < 4.78 is 135. The number of aliphatic imine (C=N–C) groups is 4. The second-order valence-electron chi connectivity index (χ2n) is 14.4. The van der Waals surface area contributed by atoms with Crippen molar-refractivity contribution in [3.63, 3.8) is 0 Å². The van der Waals surface area contributed by atoms with Crippen LogP contribution in [-0.4, -0.2) is 163 Å². The lowest BCUT2D eigenvalue weighted by Gasteiger charge is -2.13. The Balaban J connectivity index is -0.00000133. The fourth-order valence-corrected chi connectivity index (χ4v) is 9.36. The Morgan fingerprint density at radius 2 is 0.390 bits per heavy atom. The average Bonchev–Trinajstić information content (AvgIpc) is 4.08. The first-order chi connectivity index (χ1) is 30.2. The molecule has 28 nitrogen and oxygen atoms in total. The molecule has 0 unspecified atom stereocenters. The first-order valence-electron chi connectivity index (χ1n) is 18.6. The highest BCUT2D eigenvalue weighted by atomic mass is 32.2. The number of nitrogens with zero attached hydrogens (tertiary/aromatic N) is 4. The lowest BCUT2D eigenvalue weighted by atomic mass is 9.98. The molecule has 77 heavy (non-hydrogen) atoms. The Labute approximate surface area is 453 Å². The largest absolute Gasteiger partial charge is 0.412 e. The van der Waals surface area contributed by atoms with E-state index in [2.05, 4.69) is 0 Å². The van der Waals surface area contributed by atoms with E-state index >= 15 is 0 Å². The molecule has 0 radical (unpaired) electrons. The van der Waals surface area contributed by atoms with Crippen LogP contribution in [0.25, 0.3) is 22.3 Å². The summed E-state index contributed by atoms with van der Waals surface area (Å²) in [5, 5.41) is 0. The van der Waals surface area contributed by atoms with Crippen molar-refractivity contribution >= 4 is 109 Å².